The van der Waals surface area contributed by atoms with Crippen molar-refractivity contribution in [2.24, 2.45) is 0 Å². The minimum atomic E-state index is -0.271. The van der Waals surface area contributed by atoms with E-state index in [9.17, 15) is 9.59 Å². The second kappa shape index (κ2) is 11.8. The first-order chi connectivity index (χ1) is 18.6. The Labute approximate surface area is 222 Å². The van der Waals surface area contributed by atoms with Gasteiger partial charge in [0.2, 0.25) is 5.91 Å². The van der Waals surface area contributed by atoms with E-state index in [1.807, 2.05) is 60.4 Å². The van der Waals surface area contributed by atoms with E-state index in [2.05, 4.69) is 28.5 Å². The summed E-state index contributed by atoms with van der Waals surface area (Å²) in [7, 11) is 0. The summed E-state index contributed by atoms with van der Waals surface area (Å²) in [6.07, 6.45) is 3.65. The smallest absolute Gasteiger partial charge is 0.287 e. The summed E-state index contributed by atoms with van der Waals surface area (Å²) in [4.78, 5) is 31.5. The van der Waals surface area contributed by atoms with E-state index in [4.69, 9.17) is 9.15 Å². The van der Waals surface area contributed by atoms with Gasteiger partial charge in [-0.2, -0.15) is 0 Å². The number of carbonyl (C=O) groups is 2. The highest BCUT2D eigenvalue weighted by Crippen LogP contribution is 2.37. The first-order valence-electron chi connectivity index (χ1n) is 13.0. The Kier molecular flexibility index (Phi) is 7.83. The monoisotopic (exact) mass is 509 g/mol. The topological polar surface area (TPSA) is 84.7 Å². The molecular formula is C31H31N3O4. The van der Waals surface area contributed by atoms with Crippen molar-refractivity contribution < 1.29 is 18.7 Å². The first kappa shape index (κ1) is 25.3. The number of ether oxygens (including phenoxy) is 1. The van der Waals surface area contributed by atoms with Gasteiger partial charge in [-0.3, -0.25) is 14.6 Å². The maximum absolute atomic E-state index is 12.8. The second-order valence-electron chi connectivity index (χ2n) is 9.25. The van der Waals surface area contributed by atoms with Gasteiger partial charge in [-0.15, -0.1) is 0 Å². The number of rotatable bonds is 9. The number of hydrogen-bond acceptors (Lipinski definition) is 5. The zero-order valence-corrected chi connectivity index (χ0v) is 21.4. The van der Waals surface area contributed by atoms with E-state index in [1.54, 1.807) is 18.3 Å². The highest BCUT2D eigenvalue weighted by atomic mass is 16.5. The number of furan rings is 1. The van der Waals surface area contributed by atoms with Crippen molar-refractivity contribution in [2.75, 3.05) is 13.1 Å². The van der Waals surface area contributed by atoms with Gasteiger partial charge in [-0.05, 0) is 59.5 Å². The summed E-state index contributed by atoms with van der Waals surface area (Å²) in [6.45, 7) is 3.25. The molecule has 194 valence electrons. The Morgan fingerprint density at radius 2 is 1.89 bits per heavy atom. The lowest BCUT2D eigenvalue weighted by Gasteiger charge is -2.38. The summed E-state index contributed by atoms with van der Waals surface area (Å²) in [5.41, 5.74) is 4.29. The summed E-state index contributed by atoms with van der Waals surface area (Å²) < 4.78 is 11.8. The van der Waals surface area contributed by atoms with Crippen molar-refractivity contribution in [3.63, 3.8) is 0 Å². The molecule has 1 N–H and O–H groups in total. The number of amides is 2. The Morgan fingerprint density at radius 3 is 2.68 bits per heavy atom. The minimum absolute atomic E-state index is 0.136. The van der Waals surface area contributed by atoms with E-state index in [0.717, 1.165) is 23.2 Å². The van der Waals surface area contributed by atoms with Crippen molar-refractivity contribution in [3.8, 4) is 5.75 Å². The molecule has 0 spiro atoms. The molecule has 2 amide bonds. The average molecular weight is 510 g/mol. The van der Waals surface area contributed by atoms with Crippen LogP contribution in [0.4, 0.5) is 0 Å². The third-order valence-corrected chi connectivity index (χ3v) is 6.74. The minimum Gasteiger partial charge on any atom is -0.486 e. The zero-order valence-electron chi connectivity index (χ0n) is 21.4. The molecule has 0 aliphatic carbocycles. The van der Waals surface area contributed by atoms with Gasteiger partial charge in [0.05, 0.1) is 6.04 Å². The van der Waals surface area contributed by atoms with Crippen molar-refractivity contribution >= 4 is 11.8 Å². The number of carbonyl (C=O) groups excluding carboxylic acids is 2. The fraction of sp³-hybridized carbons (Fsp3) is 0.258. The molecule has 0 bridgehead atoms. The van der Waals surface area contributed by atoms with Gasteiger partial charge < -0.3 is 19.4 Å². The van der Waals surface area contributed by atoms with Gasteiger partial charge in [-0.25, -0.2) is 0 Å². The van der Waals surface area contributed by atoms with Crippen LogP contribution in [0.25, 0.3) is 0 Å². The maximum atomic E-state index is 12.8. The lowest BCUT2D eigenvalue weighted by molar-refractivity contribution is -0.132. The molecule has 7 heteroatoms. The normalized spacial score (nSPS) is 14.6. The van der Waals surface area contributed by atoms with Crippen LogP contribution in [-0.2, 0) is 24.2 Å². The van der Waals surface area contributed by atoms with Crippen molar-refractivity contribution in [1.82, 2.24) is 15.2 Å². The van der Waals surface area contributed by atoms with E-state index in [0.29, 0.717) is 37.4 Å². The molecule has 0 saturated carbocycles. The van der Waals surface area contributed by atoms with Crippen LogP contribution in [0.3, 0.4) is 0 Å². The molecule has 5 rings (SSSR count). The summed E-state index contributed by atoms with van der Waals surface area (Å²) in [5, 5.41) is 2.86. The molecule has 0 fully saturated rings. The van der Waals surface area contributed by atoms with Gasteiger partial charge >= 0.3 is 0 Å². The summed E-state index contributed by atoms with van der Waals surface area (Å²) in [5.74, 6) is 1.35. The van der Waals surface area contributed by atoms with Crippen LogP contribution in [-0.4, -0.2) is 34.8 Å². The number of benzene rings is 2. The quantitative estimate of drug-likeness (QED) is 0.339. The van der Waals surface area contributed by atoms with Crippen molar-refractivity contribution in [2.45, 2.75) is 38.8 Å². The lowest BCUT2D eigenvalue weighted by Crippen LogP contribution is -2.40. The van der Waals surface area contributed by atoms with E-state index < -0.39 is 0 Å². The van der Waals surface area contributed by atoms with Gasteiger partial charge in [-0.1, -0.05) is 49.4 Å². The van der Waals surface area contributed by atoms with E-state index >= 15 is 0 Å². The number of aromatic nitrogens is 1. The maximum Gasteiger partial charge on any atom is 0.287 e. The summed E-state index contributed by atoms with van der Waals surface area (Å²) >= 11 is 0. The highest BCUT2D eigenvalue weighted by molar-refractivity contribution is 5.91. The first-order valence-corrected chi connectivity index (χ1v) is 13.0. The van der Waals surface area contributed by atoms with Crippen molar-refractivity contribution in [1.29, 1.82) is 0 Å². The molecular weight excluding hydrogens is 478 g/mol. The molecule has 2 aromatic heterocycles. The number of hydrogen-bond donors (Lipinski definition) is 1. The van der Waals surface area contributed by atoms with Crippen LogP contribution in [0.5, 0.6) is 5.75 Å². The molecule has 3 heterocycles. The fourth-order valence-electron chi connectivity index (χ4n) is 4.82. The molecule has 1 unspecified atom stereocenters. The number of pyridine rings is 1. The fourth-order valence-corrected chi connectivity index (χ4v) is 4.82. The third kappa shape index (κ3) is 5.78. The largest absolute Gasteiger partial charge is 0.486 e. The Hall–Kier alpha value is -4.39. The van der Waals surface area contributed by atoms with Gasteiger partial charge in [0, 0.05) is 37.8 Å². The van der Waals surface area contributed by atoms with Crippen molar-refractivity contribution in [3.05, 3.63) is 119 Å². The van der Waals surface area contributed by atoms with Crippen LogP contribution in [0, 0.1) is 0 Å². The molecule has 1 aliphatic heterocycles. The molecule has 7 nitrogen and oxygen atoms in total. The van der Waals surface area contributed by atoms with E-state index in [1.165, 1.54) is 5.56 Å². The second-order valence-corrected chi connectivity index (χ2v) is 9.25. The van der Waals surface area contributed by atoms with Crippen LogP contribution in [0.1, 0.15) is 58.1 Å². The van der Waals surface area contributed by atoms with Gasteiger partial charge in [0.1, 0.15) is 18.1 Å². The van der Waals surface area contributed by atoms with Gasteiger partial charge in [0.25, 0.3) is 5.91 Å². The lowest BCUT2D eigenvalue weighted by atomic mass is 9.87. The molecule has 2 aromatic carbocycles. The summed E-state index contributed by atoms with van der Waals surface area (Å²) in [6, 6.07) is 25.1. The molecule has 1 atom stereocenters. The number of nitrogens with zero attached hydrogens (tertiary/aromatic N) is 2. The van der Waals surface area contributed by atoms with E-state index in [-0.39, 0.29) is 30.2 Å². The number of fused-ring (bicyclic) bond motifs is 1. The molecule has 38 heavy (non-hydrogen) atoms. The molecule has 4 aromatic rings. The SMILES string of the molecule is CCC(=O)N1CCc2ccc(OCc3ccc(C(=O)NCCc4ccccn4)o3)cc2C1c1ccccc1. The Bertz CT molecular complexity index is 1380. The predicted octanol–water partition coefficient (Wildman–Crippen LogP) is 5.11. The highest BCUT2D eigenvalue weighted by Gasteiger charge is 2.31. The van der Waals surface area contributed by atoms with Crippen LogP contribution in [0.15, 0.2) is 89.5 Å². The van der Waals surface area contributed by atoms with Crippen LogP contribution in [0.2, 0.25) is 0 Å². The van der Waals surface area contributed by atoms with Crippen LogP contribution < -0.4 is 10.1 Å². The Balaban J connectivity index is 1.25. The predicted molar refractivity (Wildman–Crippen MR) is 144 cm³/mol. The number of nitrogens with one attached hydrogen (secondary N) is 1. The molecule has 0 radical (unpaired) electrons. The Morgan fingerprint density at radius 1 is 1.05 bits per heavy atom. The average Bonchev–Trinajstić information content (AvgIpc) is 3.45. The van der Waals surface area contributed by atoms with Gasteiger partial charge in [0.15, 0.2) is 5.76 Å². The molecule has 0 saturated heterocycles. The third-order valence-electron chi connectivity index (χ3n) is 6.74. The molecule has 1 aliphatic rings. The zero-order chi connectivity index (χ0) is 26.3. The van der Waals surface area contributed by atoms with Crippen LogP contribution >= 0.6 is 0 Å². The standard InChI is InChI=1S/C31H31N3O4/c1-2-29(35)34-19-16-22-11-12-25(20-27(22)30(34)23-8-4-3-5-9-23)37-21-26-13-14-28(38-26)31(36)33-18-15-24-10-6-7-17-32-24/h3-14,17,20,30H,2,15-16,18-19,21H2,1H3,(H,33,36).